The van der Waals surface area contributed by atoms with Gasteiger partial charge in [-0.05, 0) is 31.4 Å². The zero-order valence-corrected chi connectivity index (χ0v) is 6.06. The van der Waals surface area contributed by atoms with Crippen LogP contribution in [0.3, 0.4) is 0 Å². The van der Waals surface area contributed by atoms with E-state index in [1.54, 1.807) is 0 Å². The molecule has 1 unspecified atom stereocenters. The minimum atomic E-state index is 0.892. The van der Waals surface area contributed by atoms with Crippen molar-refractivity contribution in [1.82, 2.24) is 5.32 Å². The molecule has 1 atom stereocenters. The molecule has 0 aromatic heterocycles. The van der Waals surface area contributed by atoms with E-state index < -0.39 is 0 Å². The lowest BCUT2D eigenvalue weighted by Gasteiger charge is -2.11. The molecule has 1 heterocycles. The maximum atomic E-state index is 3.23. The zero-order chi connectivity index (χ0) is 6.53. The van der Waals surface area contributed by atoms with E-state index in [1.807, 2.05) is 0 Å². The average Bonchev–Trinajstić information content (AvgIpc) is 1.79. The number of allylic oxidation sites excluding steroid dienone is 1. The fourth-order valence-corrected chi connectivity index (χ4v) is 1.14. The van der Waals surface area contributed by atoms with E-state index in [1.165, 1.54) is 19.3 Å². The summed E-state index contributed by atoms with van der Waals surface area (Å²) < 4.78 is 0. The van der Waals surface area contributed by atoms with Gasteiger partial charge in [0.15, 0.2) is 0 Å². The smallest absolute Gasteiger partial charge is 0.0141 e. The molecule has 52 valence electrons. The largest absolute Gasteiger partial charge is 0.391 e. The van der Waals surface area contributed by atoms with Gasteiger partial charge in [0, 0.05) is 6.54 Å². The third kappa shape index (κ3) is 2.54. The summed E-state index contributed by atoms with van der Waals surface area (Å²) in [6, 6.07) is 0. The Labute approximate surface area is 57.1 Å². The fourth-order valence-electron chi connectivity index (χ4n) is 1.14. The fraction of sp³-hybridized carbons (Fsp3) is 0.750. The van der Waals surface area contributed by atoms with Crippen LogP contribution in [-0.4, -0.2) is 6.54 Å². The molecule has 0 spiro atoms. The molecule has 1 heteroatoms. The molecular weight excluding hydrogens is 110 g/mol. The molecule has 0 aliphatic carbocycles. The van der Waals surface area contributed by atoms with Crippen molar-refractivity contribution in [1.29, 1.82) is 0 Å². The standard InChI is InChI=1S/C8H15N/c1-8-4-2-6-9-7-3-5-8/h2,6,8-9H,3-5,7H2,1H3/b6-2-. The highest BCUT2D eigenvalue weighted by Crippen LogP contribution is 2.11. The second-order valence-electron chi connectivity index (χ2n) is 2.84. The molecule has 0 bridgehead atoms. The predicted octanol–water partition coefficient (Wildman–Crippen LogP) is 1.91. The molecule has 1 nitrogen and oxygen atoms in total. The van der Waals surface area contributed by atoms with Crippen LogP contribution in [-0.2, 0) is 0 Å². The molecule has 0 fully saturated rings. The summed E-state index contributed by atoms with van der Waals surface area (Å²) >= 11 is 0. The summed E-state index contributed by atoms with van der Waals surface area (Å²) in [5.74, 6) is 0.892. The molecule has 0 saturated heterocycles. The zero-order valence-electron chi connectivity index (χ0n) is 6.06. The molecule has 0 amide bonds. The Bertz CT molecular complexity index is 96.7. The topological polar surface area (TPSA) is 12.0 Å². The van der Waals surface area contributed by atoms with Crippen molar-refractivity contribution in [2.45, 2.75) is 26.2 Å². The van der Waals surface area contributed by atoms with Crippen LogP contribution in [0.1, 0.15) is 26.2 Å². The highest BCUT2D eigenvalue weighted by molar-refractivity contribution is 4.83. The highest BCUT2D eigenvalue weighted by atomic mass is 14.8. The van der Waals surface area contributed by atoms with Crippen molar-refractivity contribution in [3.63, 3.8) is 0 Å². The van der Waals surface area contributed by atoms with E-state index in [0.717, 1.165) is 12.5 Å². The van der Waals surface area contributed by atoms with Gasteiger partial charge in [-0.1, -0.05) is 13.0 Å². The van der Waals surface area contributed by atoms with Gasteiger partial charge in [0.1, 0.15) is 0 Å². The molecule has 1 aliphatic rings. The van der Waals surface area contributed by atoms with E-state index in [0.29, 0.717) is 0 Å². The third-order valence-corrected chi connectivity index (χ3v) is 1.79. The van der Waals surface area contributed by atoms with Crippen LogP contribution in [0.25, 0.3) is 0 Å². The Balaban J connectivity index is 2.28. The van der Waals surface area contributed by atoms with E-state index in [9.17, 15) is 0 Å². The van der Waals surface area contributed by atoms with Crippen LogP contribution in [0.4, 0.5) is 0 Å². The first-order chi connectivity index (χ1) is 4.39. The molecule has 1 aliphatic heterocycles. The van der Waals surface area contributed by atoms with Crippen molar-refractivity contribution in [3.8, 4) is 0 Å². The monoisotopic (exact) mass is 125 g/mol. The second kappa shape index (κ2) is 3.54. The van der Waals surface area contributed by atoms with Crippen molar-refractivity contribution >= 4 is 0 Å². The van der Waals surface area contributed by atoms with E-state index >= 15 is 0 Å². The quantitative estimate of drug-likeness (QED) is 0.521. The van der Waals surface area contributed by atoms with Gasteiger partial charge in [-0.3, -0.25) is 0 Å². The van der Waals surface area contributed by atoms with Gasteiger partial charge < -0.3 is 5.32 Å². The van der Waals surface area contributed by atoms with E-state index in [-0.39, 0.29) is 0 Å². The van der Waals surface area contributed by atoms with Crippen LogP contribution in [0.15, 0.2) is 12.3 Å². The molecule has 0 aromatic rings. The Morgan fingerprint density at radius 3 is 3.33 bits per heavy atom. The van der Waals surface area contributed by atoms with Gasteiger partial charge in [-0.2, -0.15) is 0 Å². The summed E-state index contributed by atoms with van der Waals surface area (Å²) in [5.41, 5.74) is 0. The molecule has 0 saturated carbocycles. The average molecular weight is 125 g/mol. The lowest BCUT2D eigenvalue weighted by Crippen LogP contribution is -2.10. The summed E-state index contributed by atoms with van der Waals surface area (Å²) in [6.07, 6.45) is 8.25. The van der Waals surface area contributed by atoms with Crippen molar-refractivity contribution in [2.24, 2.45) is 5.92 Å². The van der Waals surface area contributed by atoms with Crippen LogP contribution >= 0.6 is 0 Å². The van der Waals surface area contributed by atoms with Gasteiger partial charge in [0.25, 0.3) is 0 Å². The first-order valence-electron chi connectivity index (χ1n) is 3.78. The lowest BCUT2D eigenvalue weighted by atomic mass is 10.0. The maximum absolute atomic E-state index is 3.23. The van der Waals surface area contributed by atoms with Gasteiger partial charge in [0.2, 0.25) is 0 Å². The highest BCUT2D eigenvalue weighted by Gasteiger charge is 1.99. The third-order valence-electron chi connectivity index (χ3n) is 1.79. The molecule has 1 N–H and O–H groups in total. The molecule has 9 heavy (non-hydrogen) atoms. The molecule has 0 radical (unpaired) electrons. The van der Waals surface area contributed by atoms with Crippen LogP contribution in [0.5, 0.6) is 0 Å². The summed E-state index contributed by atoms with van der Waals surface area (Å²) in [7, 11) is 0. The van der Waals surface area contributed by atoms with E-state index in [4.69, 9.17) is 0 Å². The second-order valence-corrected chi connectivity index (χ2v) is 2.84. The predicted molar refractivity (Wildman–Crippen MR) is 40.2 cm³/mol. The molecular formula is C8H15N. The number of nitrogens with one attached hydrogen (secondary N) is 1. The lowest BCUT2D eigenvalue weighted by molar-refractivity contribution is 0.500. The number of hydrogen-bond acceptors (Lipinski definition) is 1. The van der Waals surface area contributed by atoms with Crippen LogP contribution in [0, 0.1) is 5.92 Å². The Kier molecular flexibility index (Phi) is 2.62. The van der Waals surface area contributed by atoms with Crippen molar-refractivity contribution < 1.29 is 0 Å². The van der Waals surface area contributed by atoms with Crippen LogP contribution in [0.2, 0.25) is 0 Å². The molecule has 1 rings (SSSR count). The number of hydrogen-bond donors (Lipinski definition) is 1. The van der Waals surface area contributed by atoms with Gasteiger partial charge >= 0.3 is 0 Å². The van der Waals surface area contributed by atoms with Gasteiger partial charge in [0.05, 0.1) is 0 Å². The first-order valence-corrected chi connectivity index (χ1v) is 3.78. The van der Waals surface area contributed by atoms with E-state index in [2.05, 4.69) is 24.5 Å². The van der Waals surface area contributed by atoms with Gasteiger partial charge in [-0.15, -0.1) is 0 Å². The SMILES string of the molecule is CC1C/C=C\NCCC1. The normalized spacial score (nSPS) is 31.9. The summed E-state index contributed by atoms with van der Waals surface area (Å²) in [4.78, 5) is 0. The summed E-state index contributed by atoms with van der Waals surface area (Å²) in [5, 5.41) is 3.23. The van der Waals surface area contributed by atoms with Gasteiger partial charge in [-0.25, -0.2) is 0 Å². The first kappa shape index (κ1) is 6.66. The Morgan fingerprint density at radius 2 is 2.44 bits per heavy atom. The minimum absolute atomic E-state index is 0.892. The van der Waals surface area contributed by atoms with Crippen LogP contribution < -0.4 is 5.32 Å². The Hall–Kier alpha value is -0.460. The number of rotatable bonds is 0. The minimum Gasteiger partial charge on any atom is -0.391 e. The van der Waals surface area contributed by atoms with Crippen molar-refractivity contribution in [3.05, 3.63) is 12.3 Å². The molecule has 0 aromatic carbocycles. The van der Waals surface area contributed by atoms with Crippen molar-refractivity contribution in [2.75, 3.05) is 6.54 Å². The summed E-state index contributed by atoms with van der Waals surface area (Å²) in [6.45, 7) is 3.47. The Morgan fingerprint density at radius 1 is 1.56 bits per heavy atom. The maximum Gasteiger partial charge on any atom is 0.0141 e.